The molecule has 2 heteroatoms. The van der Waals surface area contributed by atoms with Crippen LogP contribution in [0.15, 0.2) is 0 Å². The van der Waals surface area contributed by atoms with E-state index in [1.807, 2.05) is 0 Å². The molecule has 134 valence electrons. The van der Waals surface area contributed by atoms with Crippen molar-refractivity contribution < 1.29 is 9.84 Å². The summed E-state index contributed by atoms with van der Waals surface area (Å²) in [6.07, 6.45) is 21.8. The van der Waals surface area contributed by atoms with Crippen molar-refractivity contribution in [3.63, 3.8) is 0 Å². The summed E-state index contributed by atoms with van der Waals surface area (Å²) in [5, 5.41) is 8.62. The van der Waals surface area contributed by atoms with Gasteiger partial charge in [0.25, 0.3) is 0 Å². The third-order valence-corrected chi connectivity index (χ3v) is 4.34. The number of unbranched alkanes of at least 4 members (excludes halogenated alkanes) is 14. The van der Waals surface area contributed by atoms with Gasteiger partial charge in [-0.3, -0.25) is 0 Å². The van der Waals surface area contributed by atoms with E-state index in [9.17, 15) is 0 Å². The lowest BCUT2D eigenvalue weighted by atomic mass is 10.0. The van der Waals surface area contributed by atoms with Crippen LogP contribution in [0.4, 0.5) is 0 Å². The van der Waals surface area contributed by atoms with E-state index in [4.69, 9.17) is 9.84 Å². The standard InChI is InChI=1S/C20H42O2/c1-2-3-4-5-6-7-8-9-10-11-12-13-14-15-16-19-22-20-17-18-21/h21H,2-20H2,1H3. The summed E-state index contributed by atoms with van der Waals surface area (Å²) in [4.78, 5) is 0. The number of hydrogen-bond donors (Lipinski definition) is 1. The molecule has 0 aliphatic rings. The van der Waals surface area contributed by atoms with Crippen molar-refractivity contribution in [3.05, 3.63) is 0 Å². The van der Waals surface area contributed by atoms with Gasteiger partial charge in [0.2, 0.25) is 0 Å². The molecule has 2 nitrogen and oxygen atoms in total. The van der Waals surface area contributed by atoms with Crippen LogP contribution in [0.3, 0.4) is 0 Å². The average molecular weight is 315 g/mol. The second-order valence-corrected chi connectivity index (χ2v) is 6.64. The highest BCUT2D eigenvalue weighted by Gasteiger charge is 1.94. The molecule has 0 fully saturated rings. The molecule has 0 unspecified atom stereocenters. The Morgan fingerprint density at radius 1 is 0.500 bits per heavy atom. The highest BCUT2D eigenvalue weighted by Crippen LogP contribution is 2.13. The minimum absolute atomic E-state index is 0.249. The van der Waals surface area contributed by atoms with Gasteiger partial charge in [0, 0.05) is 19.8 Å². The Labute approximate surface area is 140 Å². The monoisotopic (exact) mass is 314 g/mol. The largest absolute Gasteiger partial charge is 0.396 e. The van der Waals surface area contributed by atoms with Crippen molar-refractivity contribution >= 4 is 0 Å². The van der Waals surface area contributed by atoms with Crippen LogP contribution in [0.2, 0.25) is 0 Å². The molecule has 0 radical (unpaired) electrons. The van der Waals surface area contributed by atoms with Crippen molar-refractivity contribution in [1.82, 2.24) is 0 Å². The summed E-state index contributed by atoms with van der Waals surface area (Å²) in [6.45, 7) is 4.12. The van der Waals surface area contributed by atoms with Crippen molar-refractivity contribution in [1.29, 1.82) is 0 Å². The van der Waals surface area contributed by atoms with E-state index in [0.717, 1.165) is 19.6 Å². The second-order valence-electron chi connectivity index (χ2n) is 6.64. The maximum atomic E-state index is 8.62. The quantitative estimate of drug-likeness (QED) is 0.285. The van der Waals surface area contributed by atoms with Crippen LogP contribution in [0.25, 0.3) is 0 Å². The molecule has 0 saturated carbocycles. The lowest BCUT2D eigenvalue weighted by Crippen LogP contribution is -1.98. The van der Waals surface area contributed by atoms with E-state index in [1.165, 1.54) is 96.3 Å². The van der Waals surface area contributed by atoms with Crippen molar-refractivity contribution in [3.8, 4) is 0 Å². The molecule has 22 heavy (non-hydrogen) atoms. The zero-order valence-corrected chi connectivity index (χ0v) is 15.3. The number of ether oxygens (including phenoxy) is 1. The molecule has 0 aromatic carbocycles. The molecule has 0 aromatic rings. The van der Waals surface area contributed by atoms with Crippen molar-refractivity contribution in [2.75, 3.05) is 19.8 Å². The molecule has 0 bridgehead atoms. The van der Waals surface area contributed by atoms with E-state index in [0.29, 0.717) is 0 Å². The predicted molar refractivity (Wildman–Crippen MR) is 97.5 cm³/mol. The van der Waals surface area contributed by atoms with E-state index in [-0.39, 0.29) is 6.61 Å². The smallest absolute Gasteiger partial charge is 0.0487 e. The molecule has 0 heterocycles. The van der Waals surface area contributed by atoms with Crippen LogP contribution in [0.1, 0.15) is 110 Å². The van der Waals surface area contributed by atoms with E-state index in [2.05, 4.69) is 6.92 Å². The zero-order valence-electron chi connectivity index (χ0n) is 15.3. The van der Waals surface area contributed by atoms with Crippen LogP contribution >= 0.6 is 0 Å². The fourth-order valence-corrected chi connectivity index (χ4v) is 2.84. The second kappa shape index (κ2) is 20.9. The first-order valence-electron chi connectivity index (χ1n) is 10.1. The molecule has 0 saturated heterocycles. The van der Waals surface area contributed by atoms with Gasteiger partial charge >= 0.3 is 0 Å². The van der Waals surface area contributed by atoms with Gasteiger partial charge in [-0.1, -0.05) is 96.8 Å². The van der Waals surface area contributed by atoms with Gasteiger partial charge < -0.3 is 9.84 Å². The first-order valence-corrected chi connectivity index (χ1v) is 10.1. The molecular weight excluding hydrogens is 272 g/mol. The van der Waals surface area contributed by atoms with Gasteiger partial charge in [-0.15, -0.1) is 0 Å². The molecule has 1 N–H and O–H groups in total. The first kappa shape index (κ1) is 21.9. The molecule has 0 aliphatic carbocycles. The average Bonchev–Trinajstić information content (AvgIpc) is 2.54. The molecular formula is C20H42O2. The summed E-state index contributed by atoms with van der Waals surface area (Å²) in [5.74, 6) is 0. The van der Waals surface area contributed by atoms with Crippen LogP contribution in [0.5, 0.6) is 0 Å². The Morgan fingerprint density at radius 2 is 0.864 bits per heavy atom. The maximum Gasteiger partial charge on any atom is 0.0487 e. The fraction of sp³-hybridized carbons (Fsp3) is 1.00. The van der Waals surface area contributed by atoms with Crippen LogP contribution in [-0.4, -0.2) is 24.9 Å². The Balaban J connectivity index is 2.91. The van der Waals surface area contributed by atoms with Crippen molar-refractivity contribution in [2.24, 2.45) is 0 Å². The van der Waals surface area contributed by atoms with Gasteiger partial charge in [0.05, 0.1) is 0 Å². The lowest BCUT2D eigenvalue weighted by molar-refractivity contribution is 0.112. The highest BCUT2D eigenvalue weighted by atomic mass is 16.5. The molecule has 0 spiro atoms. The van der Waals surface area contributed by atoms with Gasteiger partial charge in [-0.25, -0.2) is 0 Å². The summed E-state index contributed by atoms with van der Waals surface area (Å²) in [7, 11) is 0. The Morgan fingerprint density at radius 3 is 1.27 bits per heavy atom. The van der Waals surface area contributed by atoms with Gasteiger partial charge in [0.15, 0.2) is 0 Å². The predicted octanol–water partition coefficient (Wildman–Crippen LogP) is 6.26. The Bertz CT molecular complexity index is 163. The third-order valence-electron chi connectivity index (χ3n) is 4.34. The van der Waals surface area contributed by atoms with Gasteiger partial charge in [-0.2, -0.15) is 0 Å². The number of rotatable bonds is 19. The molecule has 0 aromatic heterocycles. The van der Waals surface area contributed by atoms with Crippen LogP contribution in [-0.2, 0) is 4.74 Å². The van der Waals surface area contributed by atoms with Crippen LogP contribution in [0, 0.1) is 0 Å². The van der Waals surface area contributed by atoms with Crippen molar-refractivity contribution in [2.45, 2.75) is 110 Å². The summed E-state index contributed by atoms with van der Waals surface area (Å²) >= 11 is 0. The highest BCUT2D eigenvalue weighted by molar-refractivity contribution is 4.49. The van der Waals surface area contributed by atoms with E-state index < -0.39 is 0 Å². The number of aliphatic hydroxyl groups excluding tert-OH is 1. The number of aliphatic hydroxyl groups is 1. The normalized spacial score (nSPS) is 11.2. The third kappa shape index (κ3) is 19.9. The first-order chi connectivity index (χ1) is 10.9. The summed E-state index contributed by atoms with van der Waals surface area (Å²) in [5.41, 5.74) is 0. The topological polar surface area (TPSA) is 29.5 Å². The summed E-state index contributed by atoms with van der Waals surface area (Å²) in [6, 6.07) is 0. The van der Waals surface area contributed by atoms with E-state index in [1.54, 1.807) is 0 Å². The van der Waals surface area contributed by atoms with Gasteiger partial charge in [-0.05, 0) is 12.8 Å². The van der Waals surface area contributed by atoms with Crippen LogP contribution < -0.4 is 0 Å². The van der Waals surface area contributed by atoms with E-state index >= 15 is 0 Å². The Kier molecular flexibility index (Phi) is 20.8. The minimum Gasteiger partial charge on any atom is -0.396 e. The molecule has 0 atom stereocenters. The SMILES string of the molecule is CCCCCCCCCCCCCCCCCOCCCO. The van der Waals surface area contributed by atoms with Gasteiger partial charge in [0.1, 0.15) is 0 Å². The molecule has 0 rings (SSSR count). The molecule has 0 amide bonds. The lowest BCUT2D eigenvalue weighted by Gasteiger charge is -2.04. The molecule has 0 aliphatic heterocycles. The Hall–Kier alpha value is -0.0800. The maximum absolute atomic E-state index is 8.62. The fourth-order valence-electron chi connectivity index (χ4n) is 2.84. The summed E-state index contributed by atoms with van der Waals surface area (Å²) < 4.78 is 5.43. The number of hydrogen-bond acceptors (Lipinski definition) is 2. The minimum atomic E-state index is 0.249. The zero-order chi connectivity index (χ0) is 16.1.